The lowest BCUT2D eigenvalue weighted by molar-refractivity contribution is 0.117. The van der Waals surface area contributed by atoms with Crippen molar-refractivity contribution >= 4 is 10.9 Å². The van der Waals surface area contributed by atoms with Gasteiger partial charge in [-0.05, 0) is 43.7 Å². The number of hydrogen-bond donors (Lipinski definition) is 1. The number of benzene rings is 2. The maximum Gasteiger partial charge on any atom is 0.266 e. The Balaban J connectivity index is 1.83. The highest BCUT2D eigenvalue weighted by atomic mass is 19.1. The number of fused-ring (bicyclic) bond motifs is 1. The summed E-state index contributed by atoms with van der Waals surface area (Å²) in [6.45, 7) is 2.47. The molecule has 0 saturated carbocycles. The van der Waals surface area contributed by atoms with Crippen LogP contribution in [0, 0.1) is 24.1 Å². The van der Waals surface area contributed by atoms with E-state index in [4.69, 9.17) is 14.5 Å². The fraction of sp³-hybridized carbons (Fsp3) is 0.259. The largest absolute Gasteiger partial charge is 0.494 e. The van der Waals surface area contributed by atoms with Crippen molar-refractivity contribution in [3.8, 4) is 28.6 Å². The van der Waals surface area contributed by atoms with Crippen LogP contribution in [-0.4, -0.2) is 41.4 Å². The number of methoxy groups -OCH3 is 2. The molecule has 0 radical (unpaired) electrons. The lowest BCUT2D eigenvalue weighted by Gasteiger charge is -2.20. The van der Waals surface area contributed by atoms with Crippen LogP contribution in [0.2, 0.25) is 0 Å². The normalized spacial score (nSPS) is 17.3. The monoisotopic (exact) mass is 485 g/mol. The zero-order valence-corrected chi connectivity index (χ0v) is 20.1. The Morgan fingerprint density at radius 3 is 2.67 bits per heavy atom. The zero-order valence-electron chi connectivity index (χ0n) is 20.1. The fourth-order valence-electron chi connectivity index (χ4n) is 4.58. The molecule has 4 aromatic rings. The first-order valence-electron chi connectivity index (χ1n) is 11.5. The Hall–Kier alpha value is -4.13. The summed E-state index contributed by atoms with van der Waals surface area (Å²) in [6.07, 6.45) is 2.24. The second-order valence-electron chi connectivity index (χ2n) is 8.70. The number of aromatic nitrogens is 3. The maximum atomic E-state index is 14.7. The number of rotatable bonds is 5. The van der Waals surface area contributed by atoms with E-state index in [1.165, 1.54) is 29.9 Å². The molecular formula is C27H24FN5O3. The maximum absolute atomic E-state index is 14.7. The van der Waals surface area contributed by atoms with Gasteiger partial charge in [-0.2, -0.15) is 5.26 Å². The molecule has 2 atom stereocenters. The Morgan fingerprint density at radius 2 is 2.03 bits per heavy atom. The van der Waals surface area contributed by atoms with Crippen LogP contribution < -0.4 is 15.6 Å². The van der Waals surface area contributed by atoms with Gasteiger partial charge in [0.15, 0.2) is 11.6 Å². The molecule has 2 aromatic carbocycles. The number of ether oxygens (including phenoxy) is 2. The molecule has 9 heteroatoms. The lowest BCUT2D eigenvalue weighted by atomic mass is 10.00. The number of pyridine rings is 1. The van der Waals surface area contributed by atoms with E-state index in [1.54, 1.807) is 25.4 Å². The number of nitrogens with zero attached hydrogens (tertiary/aromatic N) is 4. The van der Waals surface area contributed by atoms with Crippen LogP contribution in [0.3, 0.4) is 0 Å². The quantitative estimate of drug-likeness (QED) is 0.458. The molecule has 2 aromatic heterocycles. The Morgan fingerprint density at radius 1 is 1.19 bits per heavy atom. The van der Waals surface area contributed by atoms with E-state index in [0.717, 1.165) is 11.3 Å². The molecule has 0 spiro atoms. The molecule has 1 N–H and O–H groups in total. The molecule has 8 nitrogen and oxygen atoms in total. The smallest absolute Gasteiger partial charge is 0.266 e. The van der Waals surface area contributed by atoms with Crippen molar-refractivity contribution in [1.82, 2.24) is 19.9 Å². The number of hydrogen-bond acceptors (Lipinski definition) is 7. The van der Waals surface area contributed by atoms with Gasteiger partial charge in [0.05, 0.1) is 47.5 Å². The molecule has 1 unspecified atom stereocenters. The van der Waals surface area contributed by atoms with Crippen LogP contribution in [0.4, 0.5) is 4.39 Å². The van der Waals surface area contributed by atoms with E-state index in [2.05, 4.69) is 16.4 Å². The number of nitriles is 1. The van der Waals surface area contributed by atoms with Gasteiger partial charge in [0.25, 0.3) is 5.56 Å². The molecule has 1 saturated heterocycles. The van der Waals surface area contributed by atoms with Gasteiger partial charge in [0.1, 0.15) is 5.82 Å². The highest BCUT2D eigenvalue weighted by Crippen LogP contribution is 2.32. The van der Waals surface area contributed by atoms with Crippen molar-refractivity contribution in [2.45, 2.75) is 25.5 Å². The molecule has 36 heavy (non-hydrogen) atoms. The van der Waals surface area contributed by atoms with Crippen molar-refractivity contribution in [2.75, 3.05) is 20.8 Å². The van der Waals surface area contributed by atoms with E-state index >= 15 is 0 Å². The van der Waals surface area contributed by atoms with Crippen LogP contribution in [0.5, 0.6) is 5.75 Å². The summed E-state index contributed by atoms with van der Waals surface area (Å²) in [5.74, 6) is -0.0941. The molecule has 5 rings (SSSR count). The van der Waals surface area contributed by atoms with Crippen molar-refractivity contribution in [3.05, 3.63) is 81.9 Å². The van der Waals surface area contributed by atoms with E-state index < -0.39 is 11.4 Å². The van der Waals surface area contributed by atoms with Gasteiger partial charge < -0.3 is 14.8 Å². The predicted octanol–water partition coefficient (Wildman–Crippen LogP) is 3.82. The SMILES string of the molecule is COc1ccc(-n2c(C3C[C@@H](OC)CN3)nc3c(-c4ccc(C)nc4)cc(C#N)cc3c2=O)cc1F. The lowest BCUT2D eigenvalue weighted by Crippen LogP contribution is -2.29. The molecular weight excluding hydrogens is 461 g/mol. The van der Waals surface area contributed by atoms with Crippen LogP contribution in [0.15, 0.2) is 53.5 Å². The van der Waals surface area contributed by atoms with Crippen LogP contribution in [0.1, 0.15) is 29.5 Å². The Labute approximate surface area is 207 Å². The van der Waals surface area contributed by atoms with E-state index in [9.17, 15) is 14.4 Å². The Bertz CT molecular complexity index is 1560. The molecule has 182 valence electrons. The average Bonchev–Trinajstić information content (AvgIpc) is 3.38. The summed E-state index contributed by atoms with van der Waals surface area (Å²) in [4.78, 5) is 23.4. The first-order chi connectivity index (χ1) is 17.4. The molecule has 1 fully saturated rings. The second-order valence-corrected chi connectivity index (χ2v) is 8.70. The highest BCUT2D eigenvalue weighted by Gasteiger charge is 2.30. The van der Waals surface area contributed by atoms with Gasteiger partial charge in [0.2, 0.25) is 0 Å². The van der Waals surface area contributed by atoms with Crippen molar-refractivity contribution in [1.29, 1.82) is 5.26 Å². The summed E-state index contributed by atoms with van der Waals surface area (Å²) in [5, 5.41) is 13.3. The van der Waals surface area contributed by atoms with Gasteiger partial charge in [0, 0.05) is 42.7 Å². The summed E-state index contributed by atoms with van der Waals surface area (Å²) in [5.41, 5.74) is 2.89. The van der Waals surface area contributed by atoms with Crippen LogP contribution in [0.25, 0.3) is 27.7 Å². The van der Waals surface area contributed by atoms with E-state index in [-0.39, 0.29) is 23.3 Å². The number of aryl methyl sites for hydroxylation is 1. The minimum atomic E-state index is -0.598. The van der Waals surface area contributed by atoms with Gasteiger partial charge in [-0.1, -0.05) is 6.07 Å². The molecule has 0 amide bonds. The van der Waals surface area contributed by atoms with Crippen LogP contribution in [-0.2, 0) is 4.74 Å². The fourth-order valence-corrected chi connectivity index (χ4v) is 4.58. The summed E-state index contributed by atoms with van der Waals surface area (Å²) < 4.78 is 26.7. The van der Waals surface area contributed by atoms with Gasteiger partial charge in [-0.3, -0.25) is 14.3 Å². The molecule has 0 aliphatic carbocycles. The predicted molar refractivity (Wildman–Crippen MR) is 133 cm³/mol. The third kappa shape index (κ3) is 4.11. The molecule has 1 aliphatic rings. The first kappa shape index (κ1) is 23.6. The minimum absolute atomic E-state index is 0.0506. The first-order valence-corrected chi connectivity index (χ1v) is 11.5. The topological polar surface area (TPSA) is 102 Å². The molecule has 0 bridgehead atoms. The molecule has 1 aliphatic heterocycles. The van der Waals surface area contributed by atoms with Gasteiger partial charge >= 0.3 is 0 Å². The number of nitrogens with one attached hydrogen (secondary N) is 1. The second kappa shape index (κ2) is 9.49. The minimum Gasteiger partial charge on any atom is -0.494 e. The van der Waals surface area contributed by atoms with Gasteiger partial charge in [-0.15, -0.1) is 0 Å². The van der Waals surface area contributed by atoms with Crippen molar-refractivity contribution in [3.63, 3.8) is 0 Å². The summed E-state index contributed by atoms with van der Waals surface area (Å²) in [7, 11) is 3.02. The summed E-state index contributed by atoms with van der Waals surface area (Å²) >= 11 is 0. The van der Waals surface area contributed by atoms with Crippen LogP contribution >= 0.6 is 0 Å². The summed E-state index contributed by atoms with van der Waals surface area (Å²) in [6, 6.07) is 13.1. The van der Waals surface area contributed by atoms with E-state index in [0.29, 0.717) is 41.1 Å². The standard InChI is InChI=1S/C27H24FN5O3/c1-15-4-5-17(13-30-15)20-8-16(12-29)9-21-25(20)32-26(23-11-19(35-2)14-31-23)33(27(21)34)18-6-7-24(36-3)22(28)10-18/h4-10,13,19,23,31H,11,14H2,1-3H3/t19-,23?/m1/s1. The highest BCUT2D eigenvalue weighted by molar-refractivity contribution is 5.94. The Kier molecular flexibility index (Phi) is 6.22. The van der Waals surface area contributed by atoms with Crippen molar-refractivity contribution in [2.24, 2.45) is 0 Å². The third-order valence-electron chi connectivity index (χ3n) is 6.48. The van der Waals surface area contributed by atoms with Crippen molar-refractivity contribution < 1.29 is 13.9 Å². The van der Waals surface area contributed by atoms with Gasteiger partial charge in [-0.25, -0.2) is 9.37 Å². The number of halogens is 1. The zero-order chi connectivity index (χ0) is 25.4. The van der Waals surface area contributed by atoms with E-state index in [1.807, 2.05) is 19.1 Å². The molecule has 3 heterocycles. The third-order valence-corrected chi connectivity index (χ3v) is 6.48. The average molecular weight is 486 g/mol.